The lowest BCUT2D eigenvalue weighted by Gasteiger charge is -2.15. The molecule has 1 fully saturated rings. The van der Waals surface area contributed by atoms with E-state index in [9.17, 15) is 0 Å². The number of likely N-dealkylation sites (N-methyl/N-ethyl adjacent to an activating group) is 1. The minimum absolute atomic E-state index is 0.656. The maximum Gasteiger partial charge on any atom is 0.166 e. The van der Waals surface area contributed by atoms with Crippen molar-refractivity contribution >= 4 is 17.3 Å². The molecule has 0 heterocycles. The molecule has 0 radical (unpaired) electrons. The quantitative estimate of drug-likeness (QED) is 0.636. The van der Waals surface area contributed by atoms with Crippen LogP contribution in [-0.2, 0) is 0 Å². The lowest BCUT2D eigenvalue weighted by Crippen LogP contribution is -2.40. The third kappa shape index (κ3) is 5.05. The first-order chi connectivity index (χ1) is 6.22. The molecule has 1 aliphatic carbocycles. The van der Waals surface area contributed by atoms with Crippen LogP contribution in [0.4, 0.5) is 0 Å². The molecule has 13 heavy (non-hydrogen) atoms. The second kappa shape index (κ2) is 5.40. The second-order valence-electron chi connectivity index (χ2n) is 3.57. The van der Waals surface area contributed by atoms with E-state index in [-0.39, 0.29) is 0 Å². The average Bonchev–Trinajstić information content (AvgIpc) is 2.88. The molecule has 1 saturated carbocycles. The molecule has 0 spiro atoms. The van der Waals surface area contributed by atoms with Crippen LogP contribution in [0.15, 0.2) is 0 Å². The van der Waals surface area contributed by atoms with Crippen molar-refractivity contribution in [1.29, 1.82) is 0 Å². The van der Waals surface area contributed by atoms with Gasteiger partial charge in [0.25, 0.3) is 0 Å². The van der Waals surface area contributed by atoms with E-state index in [2.05, 4.69) is 29.5 Å². The number of nitrogens with zero attached hydrogens (tertiary/aromatic N) is 1. The number of hydrogen-bond acceptors (Lipinski definition) is 2. The van der Waals surface area contributed by atoms with Gasteiger partial charge in [0.2, 0.25) is 0 Å². The maximum atomic E-state index is 5.12. The summed E-state index contributed by atoms with van der Waals surface area (Å²) in [4.78, 5) is 2.26. The predicted octanol–water partition coefficient (Wildman–Crippen LogP) is 0.565. The largest absolute Gasteiger partial charge is 0.361 e. The zero-order valence-corrected chi connectivity index (χ0v) is 9.28. The molecule has 1 aliphatic rings. The molecule has 0 unspecified atom stereocenters. The van der Waals surface area contributed by atoms with Crippen molar-refractivity contribution in [2.75, 3.05) is 26.7 Å². The minimum Gasteiger partial charge on any atom is -0.361 e. The van der Waals surface area contributed by atoms with E-state index < -0.39 is 0 Å². The minimum atomic E-state index is 0.656. The van der Waals surface area contributed by atoms with Crippen LogP contribution in [-0.4, -0.2) is 42.7 Å². The number of nitrogens with one attached hydrogen (secondary N) is 2. The van der Waals surface area contributed by atoms with Crippen molar-refractivity contribution in [2.24, 2.45) is 0 Å². The molecule has 0 aromatic carbocycles. The number of thiocarbonyl (C=S) groups is 1. The smallest absolute Gasteiger partial charge is 0.166 e. The van der Waals surface area contributed by atoms with E-state index in [0.717, 1.165) is 24.7 Å². The van der Waals surface area contributed by atoms with Gasteiger partial charge in [0.1, 0.15) is 0 Å². The number of rotatable bonds is 5. The van der Waals surface area contributed by atoms with Crippen LogP contribution in [0.25, 0.3) is 0 Å². The van der Waals surface area contributed by atoms with E-state index in [4.69, 9.17) is 12.2 Å². The molecule has 3 nitrogen and oxygen atoms in total. The molecular weight excluding hydrogens is 182 g/mol. The summed E-state index contributed by atoms with van der Waals surface area (Å²) >= 11 is 5.12. The van der Waals surface area contributed by atoms with Gasteiger partial charge in [0.05, 0.1) is 0 Å². The molecule has 0 aliphatic heterocycles. The van der Waals surface area contributed by atoms with Gasteiger partial charge in [-0.25, -0.2) is 0 Å². The molecular formula is C9H19N3S. The van der Waals surface area contributed by atoms with E-state index in [1.165, 1.54) is 12.8 Å². The Labute approximate surface area is 85.9 Å². The summed E-state index contributed by atoms with van der Waals surface area (Å²) in [5, 5.41) is 7.26. The lowest BCUT2D eigenvalue weighted by molar-refractivity contribution is 0.357. The zero-order valence-electron chi connectivity index (χ0n) is 8.47. The Morgan fingerprint density at radius 2 is 2.23 bits per heavy atom. The fourth-order valence-electron chi connectivity index (χ4n) is 0.983. The summed E-state index contributed by atoms with van der Waals surface area (Å²) in [6.45, 7) is 5.22. The molecule has 0 atom stereocenters. The molecule has 0 saturated heterocycles. The van der Waals surface area contributed by atoms with E-state index in [1.54, 1.807) is 0 Å². The first-order valence-electron chi connectivity index (χ1n) is 4.95. The summed E-state index contributed by atoms with van der Waals surface area (Å²) < 4.78 is 0. The monoisotopic (exact) mass is 201 g/mol. The molecule has 0 aromatic rings. The molecule has 4 heteroatoms. The Morgan fingerprint density at radius 1 is 1.54 bits per heavy atom. The van der Waals surface area contributed by atoms with E-state index in [1.807, 2.05) is 0 Å². The van der Waals surface area contributed by atoms with Crippen LogP contribution < -0.4 is 10.6 Å². The Morgan fingerprint density at radius 3 is 2.77 bits per heavy atom. The van der Waals surface area contributed by atoms with Crippen LogP contribution in [0.1, 0.15) is 19.8 Å². The summed E-state index contributed by atoms with van der Waals surface area (Å²) in [6, 6.07) is 0.656. The summed E-state index contributed by atoms with van der Waals surface area (Å²) in [6.07, 6.45) is 2.55. The molecule has 1 rings (SSSR count). The Hall–Kier alpha value is -0.350. The second-order valence-corrected chi connectivity index (χ2v) is 3.98. The van der Waals surface area contributed by atoms with Crippen molar-refractivity contribution < 1.29 is 0 Å². The molecule has 2 N–H and O–H groups in total. The third-order valence-corrected chi connectivity index (χ3v) is 2.49. The predicted molar refractivity (Wildman–Crippen MR) is 59.9 cm³/mol. The normalized spacial score (nSPS) is 15.9. The highest BCUT2D eigenvalue weighted by Gasteiger charge is 2.21. The van der Waals surface area contributed by atoms with Crippen LogP contribution in [0.3, 0.4) is 0 Å². The highest BCUT2D eigenvalue weighted by molar-refractivity contribution is 7.80. The molecule has 0 bridgehead atoms. The molecule has 0 aromatic heterocycles. The van der Waals surface area contributed by atoms with Gasteiger partial charge >= 0.3 is 0 Å². The van der Waals surface area contributed by atoms with Gasteiger partial charge in [0, 0.05) is 19.1 Å². The van der Waals surface area contributed by atoms with E-state index in [0.29, 0.717) is 6.04 Å². The van der Waals surface area contributed by atoms with Crippen LogP contribution in [0.2, 0.25) is 0 Å². The average molecular weight is 201 g/mol. The SMILES string of the molecule is CCN(C)CCNC(=S)NC1CC1. The lowest BCUT2D eigenvalue weighted by atomic mass is 10.5. The Bertz CT molecular complexity index is 168. The van der Waals surface area contributed by atoms with Gasteiger partial charge in [-0.05, 0) is 38.7 Å². The first kappa shape index (κ1) is 10.7. The molecule has 76 valence electrons. The van der Waals surface area contributed by atoms with Gasteiger partial charge in [-0.15, -0.1) is 0 Å². The van der Waals surface area contributed by atoms with Gasteiger partial charge in [-0.1, -0.05) is 6.92 Å². The van der Waals surface area contributed by atoms with Gasteiger partial charge < -0.3 is 15.5 Å². The van der Waals surface area contributed by atoms with Crippen molar-refractivity contribution in [3.8, 4) is 0 Å². The summed E-state index contributed by atoms with van der Waals surface area (Å²) in [5.74, 6) is 0. The third-order valence-electron chi connectivity index (χ3n) is 2.23. The summed E-state index contributed by atoms with van der Waals surface area (Å²) in [7, 11) is 2.11. The Balaban J connectivity index is 1.94. The highest BCUT2D eigenvalue weighted by atomic mass is 32.1. The zero-order chi connectivity index (χ0) is 9.68. The highest BCUT2D eigenvalue weighted by Crippen LogP contribution is 2.18. The number of hydrogen-bond donors (Lipinski definition) is 2. The van der Waals surface area contributed by atoms with Crippen LogP contribution >= 0.6 is 12.2 Å². The fraction of sp³-hybridized carbons (Fsp3) is 0.889. The maximum absolute atomic E-state index is 5.12. The topological polar surface area (TPSA) is 27.3 Å². The standard InChI is InChI=1S/C9H19N3S/c1-3-12(2)7-6-10-9(13)11-8-4-5-8/h8H,3-7H2,1-2H3,(H2,10,11,13). The van der Waals surface area contributed by atoms with Crippen LogP contribution in [0.5, 0.6) is 0 Å². The summed E-state index contributed by atoms with van der Waals surface area (Å²) in [5.41, 5.74) is 0. The molecule has 0 amide bonds. The fourth-order valence-corrected chi connectivity index (χ4v) is 1.25. The van der Waals surface area contributed by atoms with Crippen LogP contribution in [0, 0.1) is 0 Å². The van der Waals surface area contributed by atoms with Crippen molar-refractivity contribution in [1.82, 2.24) is 15.5 Å². The van der Waals surface area contributed by atoms with Gasteiger partial charge in [0.15, 0.2) is 5.11 Å². The van der Waals surface area contributed by atoms with Gasteiger partial charge in [-0.3, -0.25) is 0 Å². The van der Waals surface area contributed by atoms with Crippen molar-refractivity contribution in [3.05, 3.63) is 0 Å². The Kier molecular flexibility index (Phi) is 4.45. The van der Waals surface area contributed by atoms with Crippen molar-refractivity contribution in [2.45, 2.75) is 25.8 Å². The van der Waals surface area contributed by atoms with Crippen molar-refractivity contribution in [3.63, 3.8) is 0 Å². The first-order valence-corrected chi connectivity index (χ1v) is 5.36. The van der Waals surface area contributed by atoms with Gasteiger partial charge in [-0.2, -0.15) is 0 Å². The van der Waals surface area contributed by atoms with E-state index >= 15 is 0 Å².